The van der Waals surface area contributed by atoms with Gasteiger partial charge in [-0.15, -0.1) is 0 Å². The highest BCUT2D eigenvalue weighted by molar-refractivity contribution is 7.07. The highest BCUT2D eigenvalue weighted by atomic mass is 32.1. The average Bonchev–Trinajstić information content (AvgIpc) is 3.61. The third kappa shape index (κ3) is 5.10. The van der Waals surface area contributed by atoms with Crippen LogP contribution in [0, 0.1) is 0 Å². The minimum atomic E-state index is -0.728. The third-order valence-electron chi connectivity index (χ3n) is 8.10. The normalized spacial score (nSPS) is 14.6. The summed E-state index contributed by atoms with van der Waals surface area (Å²) in [6.45, 7) is 1.81. The number of ether oxygens (including phenoxy) is 2. The van der Waals surface area contributed by atoms with E-state index in [0.717, 1.165) is 33.3 Å². The molecule has 1 aliphatic rings. The molecule has 1 aliphatic heterocycles. The molecule has 7 rings (SSSR count). The molecule has 0 spiro atoms. The van der Waals surface area contributed by atoms with Gasteiger partial charge in [0.1, 0.15) is 11.5 Å². The van der Waals surface area contributed by atoms with E-state index in [4.69, 9.17) is 14.5 Å². The van der Waals surface area contributed by atoms with Gasteiger partial charge in [0.15, 0.2) is 4.80 Å². The molecule has 46 heavy (non-hydrogen) atoms. The van der Waals surface area contributed by atoms with E-state index < -0.39 is 6.04 Å². The highest BCUT2D eigenvalue weighted by Gasteiger charge is 2.33. The Morgan fingerprint density at radius 2 is 1.67 bits per heavy atom. The van der Waals surface area contributed by atoms with Gasteiger partial charge in [0.05, 0.1) is 47.3 Å². The van der Waals surface area contributed by atoms with Crippen LogP contribution in [0.15, 0.2) is 124 Å². The molecule has 0 unspecified atom stereocenters. The number of methoxy groups -OCH3 is 2. The van der Waals surface area contributed by atoms with Gasteiger partial charge in [-0.3, -0.25) is 14.2 Å². The molecule has 9 heteroatoms. The van der Waals surface area contributed by atoms with Crippen LogP contribution >= 0.6 is 11.3 Å². The Balaban J connectivity index is 1.45. The lowest BCUT2D eigenvalue weighted by molar-refractivity contribution is -0.113. The van der Waals surface area contributed by atoms with Crippen molar-refractivity contribution in [3.63, 3.8) is 0 Å². The molecular weight excluding hydrogens is 596 g/mol. The van der Waals surface area contributed by atoms with Gasteiger partial charge < -0.3 is 19.8 Å². The first-order valence-electron chi connectivity index (χ1n) is 14.7. The van der Waals surface area contributed by atoms with Gasteiger partial charge in [0.25, 0.3) is 11.5 Å². The standard InChI is InChI=1S/C37H30N4O4S/c1-22-31(35(42)39-25-15-8-5-9-16-25)34(24-14-10-17-26(20-24)44-2)41-36(43)30(46-37(41)38-22)21-28-27-18-11-19-29(45-3)33(27)40-32(28)23-12-6-4-7-13-23/h4-21,34,40H,1-3H3,(H,39,42)/b30-21-/t34-/m1/s1. The Hall–Kier alpha value is -5.67. The number of amides is 1. The van der Waals surface area contributed by atoms with Crippen LogP contribution < -0.4 is 29.7 Å². The zero-order valence-electron chi connectivity index (χ0n) is 25.4. The molecule has 3 heterocycles. The first-order chi connectivity index (χ1) is 22.5. The number of carbonyl (C=O) groups excluding carboxylic acids is 1. The molecule has 1 amide bonds. The minimum absolute atomic E-state index is 0.245. The number of aromatic nitrogens is 2. The smallest absolute Gasteiger partial charge is 0.271 e. The van der Waals surface area contributed by atoms with Crippen LogP contribution in [-0.4, -0.2) is 29.7 Å². The molecule has 0 fully saturated rings. The Morgan fingerprint density at radius 3 is 2.41 bits per heavy atom. The molecule has 6 aromatic rings. The maximum absolute atomic E-state index is 14.5. The van der Waals surface area contributed by atoms with E-state index >= 15 is 0 Å². The predicted octanol–water partition coefficient (Wildman–Crippen LogP) is 6.04. The third-order valence-corrected chi connectivity index (χ3v) is 9.08. The number of nitrogens with one attached hydrogen (secondary N) is 2. The topological polar surface area (TPSA) is 97.7 Å². The summed E-state index contributed by atoms with van der Waals surface area (Å²) in [5.74, 6) is 1.00. The van der Waals surface area contributed by atoms with E-state index in [-0.39, 0.29) is 11.5 Å². The number of H-pyrrole nitrogens is 1. The molecule has 1 atom stereocenters. The van der Waals surface area contributed by atoms with E-state index in [1.807, 2.05) is 116 Å². The Morgan fingerprint density at radius 1 is 0.935 bits per heavy atom. The molecule has 0 aliphatic carbocycles. The average molecular weight is 627 g/mol. The van der Waals surface area contributed by atoms with Crippen LogP contribution in [0.25, 0.3) is 28.2 Å². The van der Waals surface area contributed by atoms with Crippen molar-refractivity contribution in [1.29, 1.82) is 0 Å². The second-order valence-electron chi connectivity index (χ2n) is 10.8. The van der Waals surface area contributed by atoms with Crippen molar-refractivity contribution in [1.82, 2.24) is 9.55 Å². The van der Waals surface area contributed by atoms with Crippen LogP contribution in [0.3, 0.4) is 0 Å². The van der Waals surface area contributed by atoms with Crippen LogP contribution in [0.5, 0.6) is 11.5 Å². The van der Waals surface area contributed by atoms with Crippen LogP contribution in [0.4, 0.5) is 5.69 Å². The van der Waals surface area contributed by atoms with E-state index in [0.29, 0.717) is 37.8 Å². The van der Waals surface area contributed by atoms with E-state index in [1.165, 1.54) is 11.3 Å². The summed E-state index contributed by atoms with van der Waals surface area (Å²) in [7, 11) is 3.23. The number of hydrogen-bond donors (Lipinski definition) is 2. The SMILES string of the molecule is COc1cccc([C@@H]2C(C(=O)Nc3ccccc3)=C(C)N=c3s/c(=C\c4c(-c5ccccc5)[nH]c5c(OC)cccc45)c(=O)n32)c1. The van der Waals surface area contributed by atoms with Crippen LogP contribution in [-0.2, 0) is 4.79 Å². The summed E-state index contributed by atoms with van der Waals surface area (Å²) in [4.78, 5) is 37.3. The lowest BCUT2D eigenvalue weighted by Crippen LogP contribution is -2.40. The molecule has 2 N–H and O–H groups in total. The number of benzene rings is 4. The number of fused-ring (bicyclic) bond motifs is 2. The second-order valence-corrected chi connectivity index (χ2v) is 11.9. The fourth-order valence-corrected chi connectivity index (χ4v) is 6.98. The number of carbonyl (C=O) groups is 1. The van der Waals surface area contributed by atoms with Crippen molar-refractivity contribution in [2.45, 2.75) is 13.0 Å². The summed E-state index contributed by atoms with van der Waals surface area (Å²) < 4.78 is 13.3. The van der Waals surface area contributed by atoms with Crippen LogP contribution in [0.1, 0.15) is 24.1 Å². The van der Waals surface area contributed by atoms with Gasteiger partial charge in [-0.2, -0.15) is 0 Å². The van der Waals surface area contributed by atoms with Crippen molar-refractivity contribution in [2.75, 3.05) is 19.5 Å². The Kier molecular flexibility index (Phi) is 7.60. The number of aromatic amines is 1. The van der Waals surface area contributed by atoms with Crippen molar-refractivity contribution in [2.24, 2.45) is 4.99 Å². The quantitative estimate of drug-likeness (QED) is 0.226. The number of nitrogens with zero attached hydrogens (tertiary/aromatic N) is 2. The molecule has 228 valence electrons. The molecular formula is C37H30N4O4S. The van der Waals surface area contributed by atoms with Gasteiger partial charge in [-0.05, 0) is 54.5 Å². The van der Waals surface area contributed by atoms with Gasteiger partial charge in [-0.25, -0.2) is 4.99 Å². The molecule has 0 saturated heterocycles. The lowest BCUT2D eigenvalue weighted by atomic mass is 9.95. The first kappa shape index (κ1) is 29.1. The highest BCUT2D eigenvalue weighted by Crippen LogP contribution is 2.36. The van der Waals surface area contributed by atoms with Crippen molar-refractivity contribution in [3.8, 4) is 22.8 Å². The Labute approximate surface area is 268 Å². The number of para-hydroxylation sites is 2. The van der Waals surface area contributed by atoms with Gasteiger partial charge in [-0.1, -0.05) is 84.1 Å². The van der Waals surface area contributed by atoms with Crippen molar-refractivity contribution >= 4 is 39.9 Å². The first-order valence-corrected chi connectivity index (χ1v) is 15.6. The van der Waals surface area contributed by atoms with E-state index in [2.05, 4.69) is 10.3 Å². The predicted molar refractivity (Wildman–Crippen MR) is 182 cm³/mol. The number of rotatable bonds is 7. The molecule has 0 saturated carbocycles. The zero-order chi connectivity index (χ0) is 31.8. The summed E-state index contributed by atoms with van der Waals surface area (Å²) in [6, 6.07) is 31.8. The molecule has 2 aromatic heterocycles. The fraction of sp³-hybridized carbons (Fsp3) is 0.108. The largest absolute Gasteiger partial charge is 0.497 e. The molecule has 8 nitrogen and oxygen atoms in total. The summed E-state index contributed by atoms with van der Waals surface area (Å²) in [5, 5.41) is 3.92. The summed E-state index contributed by atoms with van der Waals surface area (Å²) >= 11 is 1.30. The van der Waals surface area contributed by atoms with Gasteiger partial charge in [0.2, 0.25) is 0 Å². The van der Waals surface area contributed by atoms with Crippen LogP contribution in [0.2, 0.25) is 0 Å². The zero-order valence-corrected chi connectivity index (χ0v) is 26.2. The van der Waals surface area contributed by atoms with E-state index in [9.17, 15) is 9.59 Å². The summed E-state index contributed by atoms with van der Waals surface area (Å²) in [5.41, 5.74) is 5.62. The number of thiazole rings is 1. The second kappa shape index (κ2) is 12.0. The molecule has 0 bridgehead atoms. The van der Waals surface area contributed by atoms with Crippen molar-refractivity contribution in [3.05, 3.63) is 145 Å². The number of anilines is 1. The van der Waals surface area contributed by atoms with Gasteiger partial charge >= 0.3 is 0 Å². The maximum atomic E-state index is 14.5. The Bertz CT molecular complexity index is 2320. The van der Waals surface area contributed by atoms with Gasteiger partial charge in [0, 0.05) is 16.6 Å². The minimum Gasteiger partial charge on any atom is -0.497 e. The fourth-order valence-electron chi connectivity index (χ4n) is 5.95. The van der Waals surface area contributed by atoms with Crippen molar-refractivity contribution < 1.29 is 14.3 Å². The summed E-state index contributed by atoms with van der Waals surface area (Å²) in [6.07, 6.45) is 1.91. The number of allylic oxidation sites excluding steroid dienone is 1. The lowest BCUT2D eigenvalue weighted by Gasteiger charge is -2.25. The number of hydrogen-bond acceptors (Lipinski definition) is 6. The molecule has 4 aromatic carbocycles. The molecule has 0 radical (unpaired) electrons. The van der Waals surface area contributed by atoms with E-state index in [1.54, 1.807) is 18.8 Å². The maximum Gasteiger partial charge on any atom is 0.271 e. The monoisotopic (exact) mass is 626 g/mol.